The maximum atomic E-state index is 13.3. The number of rotatable bonds is 7. The van der Waals surface area contributed by atoms with Crippen LogP contribution in [0.3, 0.4) is 0 Å². The highest BCUT2D eigenvalue weighted by molar-refractivity contribution is 6.31. The van der Waals surface area contributed by atoms with Gasteiger partial charge in [0.2, 0.25) is 0 Å². The van der Waals surface area contributed by atoms with Gasteiger partial charge in [0, 0.05) is 49.3 Å². The number of nitrogens with zero attached hydrogens (tertiary/aromatic N) is 4. The fourth-order valence-electron chi connectivity index (χ4n) is 3.76. The molecule has 1 saturated heterocycles. The predicted octanol–water partition coefficient (Wildman–Crippen LogP) is 4.17. The second-order valence-electron chi connectivity index (χ2n) is 8.23. The molecule has 0 saturated carbocycles. The highest BCUT2D eigenvalue weighted by Gasteiger charge is 2.20. The number of hydrogen-bond acceptors (Lipinski definition) is 7. The molecule has 0 aliphatic carbocycles. The Kier molecular flexibility index (Phi) is 7.81. The second-order valence-corrected chi connectivity index (χ2v) is 8.63. The average Bonchev–Trinajstić information content (AvgIpc) is 2.82. The molecule has 4 N–H and O–H groups in total. The number of aliphatic carboxylic acids is 1. The van der Waals surface area contributed by atoms with Gasteiger partial charge in [0.05, 0.1) is 11.6 Å². The van der Waals surface area contributed by atoms with Crippen molar-refractivity contribution in [3.05, 3.63) is 65.2 Å². The van der Waals surface area contributed by atoms with Gasteiger partial charge < -0.3 is 26.0 Å². The first kappa shape index (κ1) is 25.1. The van der Waals surface area contributed by atoms with E-state index in [1.807, 2.05) is 17.9 Å². The van der Waals surface area contributed by atoms with Crippen molar-refractivity contribution < 1.29 is 19.1 Å². The molecule has 3 aromatic rings. The number of benzene rings is 2. The number of anilines is 5. The number of halogens is 2. The number of piperazine rings is 1. The molecule has 2 heterocycles. The molecule has 10 nitrogen and oxygen atoms in total. The highest BCUT2D eigenvalue weighted by Crippen LogP contribution is 2.23. The van der Waals surface area contributed by atoms with Crippen LogP contribution in [0.25, 0.3) is 0 Å². The average molecular weight is 514 g/mol. The molecule has 12 heteroatoms. The van der Waals surface area contributed by atoms with Crippen LogP contribution in [0.15, 0.2) is 48.5 Å². The van der Waals surface area contributed by atoms with Crippen LogP contribution in [0.5, 0.6) is 0 Å². The number of hydrogen-bond donors (Lipinski definition) is 4. The summed E-state index contributed by atoms with van der Waals surface area (Å²) in [5.74, 6) is 0.620. The normalized spacial score (nSPS) is 13.8. The van der Waals surface area contributed by atoms with E-state index in [9.17, 15) is 14.0 Å². The molecular formula is C24H25ClFN7O3. The van der Waals surface area contributed by atoms with E-state index >= 15 is 0 Å². The summed E-state index contributed by atoms with van der Waals surface area (Å²) < 4.78 is 13.3. The van der Waals surface area contributed by atoms with Crippen molar-refractivity contribution in [2.75, 3.05) is 53.6 Å². The molecule has 4 rings (SSSR count). The lowest BCUT2D eigenvalue weighted by Crippen LogP contribution is -2.48. The van der Waals surface area contributed by atoms with Gasteiger partial charge in [0.15, 0.2) is 0 Å². The number of carbonyl (C=O) groups excluding carboxylic acids is 1. The van der Waals surface area contributed by atoms with Crippen molar-refractivity contribution >= 4 is 52.3 Å². The summed E-state index contributed by atoms with van der Waals surface area (Å²) in [5.41, 5.74) is 1.70. The number of amides is 2. The molecule has 1 aliphatic heterocycles. The van der Waals surface area contributed by atoms with Crippen molar-refractivity contribution in [1.29, 1.82) is 0 Å². The largest absolute Gasteiger partial charge is 0.480 e. The van der Waals surface area contributed by atoms with Crippen LogP contribution < -0.4 is 20.9 Å². The molecule has 0 radical (unpaired) electrons. The minimum absolute atomic E-state index is 0.0382. The van der Waals surface area contributed by atoms with E-state index in [1.54, 1.807) is 24.3 Å². The van der Waals surface area contributed by atoms with Gasteiger partial charge in [-0.2, -0.15) is 0 Å². The number of carbonyl (C=O) groups is 2. The molecule has 1 aromatic heterocycles. The molecule has 0 spiro atoms. The quantitative estimate of drug-likeness (QED) is 0.371. The van der Waals surface area contributed by atoms with Gasteiger partial charge in [-0.3, -0.25) is 9.69 Å². The first-order valence-corrected chi connectivity index (χ1v) is 11.6. The fourth-order valence-corrected chi connectivity index (χ4v) is 3.94. The van der Waals surface area contributed by atoms with E-state index in [1.165, 1.54) is 18.2 Å². The van der Waals surface area contributed by atoms with Gasteiger partial charge in [-0.05, 0) is 49.4 Å². The lowest BCUT2D eigenvalue weighted by molar-refractivity contribution is -0.138. The van der Waals surface area contributed by atoms with Gasteiger partial charge in [-0.15, -0.1) is 0 Å². The standard InChI is InChI=1S/C24H25ClFN7O3/c1-15-27-21(13-22(28-15)33-10-8-32(9-11-33)14-23(34)35)29-16-2-4-17(5-3-16)30-24(36)31-18-6-7-20(26)19(25)12-18/h2-7,12-13H,8-11,14H2,1H3,(H,34,35)(H,27,28,29)(H2,30,31,36). The number of carboxylic acids is 1. The van der Waals surface area contributed by atoms with Crippen molar-refractivity contribution in [1.82, 2.24) is 14.9 Å². The fraction of sp³-hybridized carbons (Fsp3) is 0.250. The lowest BCUT2D eigenvalue weighted by atomic mass is 10.2. The summed E-state index contributed by atoms with van der Waals surface area (Å²) in [5, 5.41) is 17.4. The van der Waals surface area contributed by atoms with Gasteiger partial charge in [0.25, 0.3) is 0 Å². The minimum Gasteiger partial charge on any atom is -0.480 e. The van der Waals surface area contributed by atoms with Crippen molar-refractivity contribution in [2.24, 2.45) is 0 Å². The molecular weight excluding hydrogens is 489 g/mol. The summed E-state index contributed by atoms with van der Waals surface area (Å²) in [6.07, 6.45) is 0. The van der Waals surface area contributed by atoms with Crippen LogP contribution in [0.4, 0.5) is 37.9 Å². The van der Waals surface area contributed by atoms with Crippen LogP contribution in [-0.2, 0) is 4.79 Å². The maximum Gasteiger partial charge on any atom is 0.323 e. The lowest BCUT2D eigenvalue weighted by Gasteiger charge is -2.34. The van der Waals surface area contributed by atoms with Crippen molar-refractivity contribution in [2.45, 2.75) is 6.92 Å². The summed E-state index contributed by atoms with van der Waals surface area (Å²) in [6.45, 7) is 4.50. The predicted molar refractivity (Wildman–Crippen MR) is 137 cm³/mol. The minimum atomic E-state index is -0.826. The summed E-state index contributed by atoms with van der Waals surface area (Å²) in [4.78, 5) is 36.1. The third-order valence-electron chi connectivity index (χ3n) is 5.47. The SMILES string of the molecule is Cc1nc(Nc2ccc(NC(=O)Nc3ccc(F)c(Cl)c3)cc2)cc(N2CCN(CC(=O)O)CC2)n1. The van der Waals surface area contributed by atoms with E-state index in [4.69, 9.17) is 16.7 Å². The number of carboxylic acid groups (broad SMARTS) is 1. The van der Waals surface area contributed by atoms with E-state index in [0.29, 0.717) is 49.2 Å². The van der Waals surface area contributed by atoms with Gasteiger partial charge in [-0.25, -0.2) is 19.2 Å². The van der Waals surface area contributed by atoms with Crippen LogP contribution >= 0.6 is 11.6 Å². The Morgan fingerprint density at radius 3 is 2.28 bits per heavy atom. The molecule has 36 heavy (non-hydrogen) atoms. The topological polar surface area (TPSA) is 123 Å². The first-order chi connectivity index (χ1) is 17.2. The number of aryl methyl sites for hydroxylation is 1. The monoisotopic (exact) mass is 513 g/mol. The molecule has 2 aromatic carbocycles. The highest BCUT2D eigenvalue weighted by atomic mass is 35.5. The van der Waals surface area contributed by atoms with E-state index in [2.05, 4.69) is 30.8 Å². The smallest absolute Gasteiger partial charge is 0.323 e. The molecule has 1 aliphatic rings. The number of aromatic nitrogens is 2. The molecule has 0 bridgehead atoms. The molecule has 1 fully saturated rings. The Morgan fingerprint density at radius 2 is 1.61 bits per heavy atom. The van der Waals surface area contributed by atoms with Gasteiger partial charge in [-0.1, -0.05) is 11.6 Å². The number of urea groups is 1. The molecule has 0 atom stereocenters. The molecule has 2 amide bonds. The van der Waals surface area contributed by atoms with Crippen molar-refractivity contribution in [3.63, 3.8) is 0 Å². The Labute approximate surface area is 212 Å². The summed E-state index contributed by atoms with van der Waals surface area (Å²) >= 11 is 5.74. The second kappa shape index (κ2) is 11.2. The molecule has 188 valence electrons. The van der Waals surface area contributed by atoms with Crippen LogP contribution in [0, 0.1) is 12.7 Å². The molecule has 0 unspecified atom stereocenters. The van der Waals surface area contributed by atoms with Crippen LogP contribution in [0.2, 0.25) is 5.02 Å². The maximum absolute atomic E-state index is 13.3. The zero-order valence-corrected chi connectivity index (χ0v) is 20.2. The van der Waals surface area contributed by atoms with Crippen molar-refractivity contribution in [3.8, 4) is 0 Å². The number of nitrogens with one attached hydrogen (secondary N) is 3. The Balaban J connectivity index is 1.34. The Bertz CT molecular complexity index is 1250. The third kappa shape index (κ3) is 6.80. The summed E-state index contributed by atoms with van der Waals surface area (Å²) in [6, 6.07) is 12.4. The zero-order chi connectivity index (χ0) is 25.7. The van der Waals surface area contributed by atoms with E-state index in [-0.39, 0.29) is 11.6 Å². The van der Waals surface area contributed by atoms with Crippen LogP contribution in [-0.4, -0.2) is 64.7 Å². The van der Waals surface area contributed by atoms with Gasteiger partial charge >= 0.3 is 12.0 Å². The van der Waals surface area contributed by atoms with E-state index < -0.39 is 17.8 Å². The third-order valence-corrected chi connectivity index (χ3v) is 5.76. The first-order valence-electron chi connectivity index (χ1n) is 11.2. The zero-order valence-electron chi connectivity index (χ0n) is 19.5. The van der Waals surface area contributed by atoms with Crippen LogP contribution in [0.1, 0.15) is 5.82 Å². The summed E-state index contributed by atoms with van der Waals surface area (Å²) in [7, 11) is 0. The Hall–Kier alpha value is -3.96. The van der Waals surface area contributed by atoms with Gasteiger partial charge in [0.1, 0.15) is 23.3 Å². The Morgan fingerprint density at radius 1 is 0.972 bits per heavy atom. The van der Waals surface area contributed by atoms with E-state index in [0.717, 1.165) is 11.5 Å².